The smallest absolute Gasteiger partial charge is 0.339 e. The number of rotatable bonds is 3. The molecule has 5 amide bonds. The second-order valence-corrected chi connectivity index (χ2v) is 5.18. The Kier molecular flexibility index (Phi) is 3.93. The van der Waals surface area contributed by atoms with Gasteiger partial charge in [-0.25, -0.2) is 13.5 Å². The summed E-state index contributed by atoms with van der Waals surface area (Å²) in [5.41, 5.74) is 6.88. The van der Waals surface area contributed by atoms with Crippen LogP contribution >= 0.6 is 16.1 Å². The van der Waals surface area contributed by atoms with E-state index in [2.05, 4.69) is 21.5 Å². The number of carbonyl (C=O) groups excluding carboxylic acids is 3. The van der Waals surface area contributed by atoms with E-state index < -0.39 is 24.1 Å². The fourth-order valence-electron chi connectivity index (χ4n) is 1.84. The van der Waals surface area contributed by atoms with Gasteiger partial charge < -0.3 is 11.1 Å². The standard InChI is InChI=1S/C12H13BrN4O3/c1-7-2-4-8(5-3-7)6-16-10(18)9(15-11(14)19)17(13)12(16)20/h2-5,9H,6H2,1H3,(H3,14,15,19)/t9-/m1/s1. The normalized spacial score (nSPS) is 18.6. The summed E-state index contributed by atoms with van der Waals surface area (Å²) < 4.78 is 0.967. The van der Waals surface area contributed by atoms with Crippen molar-refractivity contribution < 1.29 is 14.4 Å². The predicted octanol–water partition coefficient (Wildman–Crippen LogP) is 1.06. The minimum atomic E-state index is -1.12. The number of nitrogens with two attached hydrogens (primary N) is 1. The molecule has 7 nitrogen and oxygen atoms in total. The molecule has 0 spiro atoms. The molecular weight excluding hydrogens is 328 g/mol. The number of nitrogens with zero attached hydrogens (tertiary/aromatic N) is 2. The van der Waals surface area contributed by atoms with Crippen LogP contribution < -0.4 is 11.1 Å². The van der Waals surface area contributed by atoms with Crippen LogP contribution in [0.4, 0.5) is 9.59 Å². The number of hydrogen-bond donors (Lipinski definition) is 2. The van der Waals surface area contributed by atoms with Crippen LogP contribution in [0, 0.1) is 6.92 Å². The van der Waals surface area contributed by atoms with Crippen LogP contribution in [-0.2, 0) is 11.3 Å². The van der Waals surface area contributed by atoms with E-state index in [-0.39, 0.29) is 6.54 Å². The molecule has 8 heteroatoms. The third-order valence-corrected chi connectivity index (χ3v) is 3.59. The maximum absolute atomic E-state index is 12.1. The van der Waals surface area contributed by atoms with E-state index in [0.29, 0.717) is 0 Å². The van der Waals surface area contributed by atoms with Crippen LogP contribution in [0.5, 0.6) is 0 Å². The molecule has 1 saturated heterocycles. The van der Waals surface area contributed by atoms with E-state index in [1.54, 1.807) is 0 Å². The number of imide groups is 1. The highest BCUT2D eigenvalue weighted by Crippen LogP contribution is 2.22. The van der Waals surface area contributed by atoms with E-state index in [1.807, 2.05) is 31.2 Å². The van der Waals surface area contributed by atoms with Gasteiger partial charge in [-0.3, -0.25) is 9.69 Å². The van der Waals surface area contributed by atoms with Gasteiger partial charge in [-0.15, -0.1) is 0 Å². The molecular formula is C12H13BrN4O3. The number of aryl methyl sites for hydroxylation is 1. The van der Waals surface area contributed by atoms with Gasteiger partial charge in [0.05, 0.1) is 22.7 Å². The molecule has 1 aromatic carbocycles. The Morgan fingerprint density at radius 1 is 1.35 bits per heavy atom. The molecule has 1 aromatic rings. The second kappa shape index (κ2) is 5.49. The average Bonchev–Trinajstić information content (AvgIpc) is 2.58. The number of benzene rings is 1. The maximum Gasteiger partial charge on any atom is 0.339 e. The van der Waals surface area contributed by atoms with Gasteiger partial charge in [0.15, 0.2) is 6.17 Å². The van der Waals surface area contributed by atoms with Crippen molar-refractivity contribution in [3.63, 3.8) is 0 Å². The number of carbonyl (C=O) groups is 3. The van der Waals surface area contributed by atoms with Crippen molar-refractivity contribution in [2.75, 3.05) is 0 Å². The lowest BCUT2D eigenvalue weighted by Gasteiger charge is -2.13. The predicted molar refractivity (Wildman–Crippen MR) is 74.4 cm³/mol. The number of hydrogen-bond acceptors (Lipinski definition) is 3. The third-order valence-electron chi connectivity index (χ3n) is 2.88. The van der Waals surface area contributed by atoms with Crippen LogP contribution in [0.15, 0.2) is 24.3 Å². The maximum atomic E-state index is 12.1. The molecule has 0 aliphatic carbocycles. The Labute approximate surface area is 124 Å². The first-order valence-corrected chi connectivity index (χ1v) is 6.53. The van der Waals surface area contributed by atoms with Crippen molar-refractivity contribution >= 4 is 34.1 Å². The Balaban J connectivity index is 2.16. The molecule has 20 heavy (non-hydrogen) atoms. The zero-order valence-corrected chi connectivity index (χ0v) is 12.3. The highest BCUT2D eigenvalue weighted by atomic mass is 79.9. The lowest BCUT2D eigenvalue weighted by molar-refractivity contribution is -0.128. The topological polar surface area (TPSA) is 95.7 Å². The monoisotopic (exact) mass is 340 g/mol. The van der Waals surface area contributed by atoms with Crippen molar-refractivity contribution in [3.05, 3.63) is 35.4 Å². The van der Waals surface area contributed by atoms with Gasteiger partial charge in [0.25, 0.3) is 5.91 Å². The summed E-state index contributed by atoms with van der Waals surface area (Å²) >= 11 is 2.96. The lowest BCUT2D eigenvalue weighted by Crippen LogP contribution is -2.47. The highest BCUT2D eigenvalue weighted by Gasteiger charge is 2.45. The molecule has 106 valence electrons. The number of halogens is 1. The van der Waals surface area contributed by atoms with E-state index in [9.17, 15) is 14.4 Å². The Bertz CT molecular complexity index is 560. The number of nitrogens with one attached hydrogen (secondary N) is 1. The summed E-state index contributed by atoms with van der Waals surface area (Å²) in [6, 6.07) is 6.04. The fourth-order valence-corrected chi connectivity index (χ4v) is 2.31. The van der Waals surface area contributed by atoms with Crippen LogP contribution in [0.1, 0.15) is 11.1 Å². The molecule has 1 aliphatic rings. The molecule has 0 aromatic heterocycles. The number of primary amides is 1. The largest absolute Gasteiger partial charge is 0.352 e. The summed E-state index contributed by atoms with van der Waals surface area (Å²) in [5, 5.41) is 2.20. The quantitative estimate of drug-likeness (QED) is 0.636. The van der Waals surface area contributed by atoms with Crippen molar-refractivity contribution in [1.82, 2.24) is 14.1 Å². The van der Waals surface area contributed by atoms with E-state index in [4.69, 9.17) is 5.73 Å². The van der Waals surface area contributed by atoms with Gasteiger partial charge in [0.2, 0.25) is 0 Å². The molecule has 0 unspecified atom stereocenters. The molecule has 3 N–H and O–H groups in total. The van der Waals surface area contributed by atoms with Gasteiger partial charge in [0, 0.05) is 0 Å². The SMILES string of the molecule is Cc1ccc(CN2C(=O)[C@H](NC(N)=O)N(Br)C2=O)cc1. The van der Waals surface area contributed by atoms with E-state index in [0.717, 1.165) is 20.0 Å². The van der Waals surface area contributed by atoms with Crippen molar-refractivity contribution in [3.8, 4) is 0 Å². The van der Waals surface area contributed by atoms with Gasteiger partial charge in [-0.2, -0.15) is 0 Å². The first kappa shape index (κ1) is 14.3. The van der Waals surface area contributed by atoms with Crippen LogP contribution in [-0.4, -0.2) is 33.0 Å². The minimum absolute atomic E-state index is 0.136. The van der Waals surface area contributed by atoms with Crippen LogP contribution in [0.2, 0.25) is 0 Å². The van der Waals surface area contributed by atoms with Crippen LogP contribution in [0.3, 0.4) is 0 Å². The van der Waals surface area contributed by atoms with Crippen molar-refractivity contribution in [2.45, 2.75) is 19.6 Å². The molecule has 2 rings (SSSR count). The third kappa shape index (κ3) is 2.74. The number of urea groups is 2. The Hall–Kier alpha value is -2.09. The lowest BCUT2D eigenvalue weighted by atomic mass is 10.1. The van der Waals surface area contributed by atoms with Gasteiger partial charge in [-0.1, -0.05) is 29.8 Å². The zero-order valence-electron chi connectivity index (χ0n) is 10.7. The average molecular weight is 341 g/mol. The summed E-state index contributed by atoms with van der Waals surface area (Å²) in [6.45, 7) is 2.08. The Morgan fingerprint density at radius 2 is 1.95 bits per heavy atom. The first-order valence-electron chi connectivity index (χ1n) is 5.82. The summed E-state index contributed by atoms with van der Waals surface area (Å²) in [4.78, 5) is 35.9. The van der Waals surface area contributed by atoms with Crippen molar-refractivity contribution in [2.24, 2.45) is 5.73 Å². The molecule has 0 bridgehead atoms. The number of amides is 5. The molecule has 1 aliphatic heterocycles. The Morgan fingerprint density at radius 3 is 2.50 bits per heavy atom. The fraction of sp³-hybridized carbons (Fsp3) is 0.250. The minimum Gasteiger partial charge on any atom is -0.352 e. The highest BCUT2D eigenvalue weighted by molar-refractivity contribution is 9.07. The summed E-state index contributed by atoms with van der Waals surface area (Å²) in [6.07, 6.45) is -1.12. The van der Waals surface area contributed by atoms with Gasteiger partial charge in [0.1, 0.15) is 0 Å². The van der Waals surface area contributed by atoms with Gasteiger partial charge >= 0.3 is 12.1 Å². The second-order valence-electron chi connectivity index (χ2n) is 4.41. The van der Waals surface area contributed by atoms with Gasteiger partial charge in [-0.05, 0) is 12.5 Å². The molecule has 0 saturated carbocycles. The van der Waals surface area contributed by atoms with E-state index >= 15 is 0 Å². The van der Waals surface area contributed by atoms with E-state index in [1.165, 1.54) is 0 Å². The summed E-state index contributed by atoms with van der Waals surface area (Å²) in [5.74, 6) is -0.536. The summed E-state index contributed by atoms with van der Waals surface area (Å²) in [7, 11) is 0. The first-order chi connectivity index (χ1) is 9.40. The van der Waals surface area contributed by atoms with Crippen molar-refractivity contribution in [1.29, 1.82) is 0 Å². The molecule has 1 fully saturated rings. The van der Waals surface area contributed by atoms with Crippen LogP contribution in [0.25, 0.3) is 0 Å². The zero-order chi connectivity index (χ0) is 14.9. The molecule has 1 atom stereocenters. The molecule has 1 heterocycles. The molecule has 0 radical (unpaired) electrons.